The van der Waals surface area contributed by atoms with Crippen molar-refractivity contribution in [2.75, 3.05) is 13.7 Å². The lowest BCUT2D eigenvalue weighted by Crippen LogP contribution is -2.05. The average Bonchev–Trinajstić information content (AvgIpc) is 2.88. The van der Waals surface area contributed by atoms with Gasteiger partial charge >= 0.3 is 0 Å². The topological polar surface area (TPSA) is 47.0 Å². The Morgan fingerprint density at radius 2 is 2.16 bits per heavy atom. The molecule has 4 nitrogen and oxygen atoms in total. The Balaban J connectivity index is 1.61. The van der Waals surface area contributed by atoms with E-state index in [1.165, 1.54) is 5.56 Å². The van der Waals surface area contributed by atoms with Crippen LogP contribution >= 0.6 is 11.3 Å². The minimum atomic E-state index is 0.608. The fraction of sp³-hybridized carbons (Fsp3) is 0.429. The van der Waals surface area contributed by atoms with Crippen molar-refractivity contribution in [1.29, 1.82) is 0 Å². The minimum Gasteiger partial charge on any atom is -0.375 e. The van der Waals surface area contributed by atoms with Gasteiger partial charge in [-0.2, -0.15) is 0 Å². The van der Waals surface area contributed by atoms with Gasteiger partial charge < -0.3 is 10.1 Å². The Hall–Kier alpha value is -1.30. The van der Waals surface area contributed by atoms with E-state index in [2.05, 4.69) is 20.7 Å². The second kappa shape index (κ2) is 7.99. The van der Waals surface area contributed by atoms with E-state index in [9.17, 15) is 0 Å². The summed E-state index contributed by atoms with van der Waals surface area (Å²) in [5, 5.41) is 6.27. The lowest BCUT2D eigenvalue weighted by molar-refractivity contribution is 0.116. The Labute approximate surface area is 117 Å². The molecule has 0 fully saturated rings. The number of nitrogens with one attached hydrogen (secondary N) is 1. The van der Waals surface area contributed by atoms with Crippen LogP contribution in [0.5, 0.6) is 0 Å². The molecule has 1 N–H and O–H groups in total. The van der Waals surface area contributed by atoms with E-state index < -0.39 is 0 Å². The van der Waals surface area contributed by atoms with Gasteiger partial charge in [-0.05, 0) is 37.6 Å². The van der Waals surface area contributed by atoms with Gasteiger partial charge in [0.15, 0.2) is 0 Å². The molecule has 0 saturated heterocycles. The summed E-state index contributed by atoms with van der Waals surface area (Å²) in [4.78, 5) is 8.48. The van der Waals surface area contributed by atoms with Crippen LogP contribution in [0.2, 0.25) is 0 Å². The van der Waals surface area contributed by atoms with E-state index in [4.69, 9.17) is 4.74 Å². The van der Waals surface area contributed by atoms with E-state index in [0.29, 0.717) is 6.61 Å². The smallest absolute Gasteiger partial charge is 0.107 e. The lowest BCUT2D eigenvalue weighted by Gasteiger charge is -2.02. The molecular weight excluding hydrogens is 258 g/mol. The molecule has 0 amide bonds. The molecule has 0 radical (unpaired) electrons. The third kappa shape index (κ3) is 5.06. The van der Waals surface area contributed by atoms with Crippen molar-refractivity contribution in [3.63, 3.8) is 0 Å². The summed E-state index contributed by atoms with van der Waals surface area (Å²) < 4.78 is 5.64. The molecule has 0 bridgehead atoms. The van der Waals surface area contributed by atoms with Gasteiger partial charge in [-0.15, -0.1) is 11.3 Å². The molecule has 19 heavy (non-hydrogen) atoms. The molecule has 0 saturated carbocycles. The van der Waals surface area contributed by atoms with Crippen molar-refractivity contribution in [1.82, 2.24) is 15.3 Å². The number of rotatable bonds is 8. The number of thiazole rings is 1. The predicted octanol–water partition coefficient (Wildman–Crippen LogP) is 2.41. The molecule has 2 heterocycles. The fourth-order valence-corrected chi connectivity index (χ4v) is 2.54. The molecule has 0 aliphatic carbocycles. The molecular formula is C14H19N3OS. The van der Waals surface area contributed by atoms with Gasteiger partial charge in [0.05, 0.1) is 12.3 Å². The molecule has 0 spiro atoms. The summed E-state index contributed by atoms with van der Waals surface area (Å²) in [5.74, 6) is 0. The van der Waals surface area contributed by atoms with Crippen molar-refractivity contribution >= 4 is 11.3 Å². The number of aromatic nitrogens is 2. The molecule has 2 aromatic rings. The van der Waals surface area contributed by atoms with E-state index in [0.717, 1.165) is 36.7 Å². The average molecular weight is 277 g/mol. The van der Waals surface area contributed by atoms with E-state index >= 15 is 0 Å². The summed E-state index contributed by atoms with van der Waals surface area (Å²) in [6.45, 7) is 2.20. The zero-order valence-electron chi connectivity index (χ0n) is 11.1. The van der Waals surface area contributed by atoms with Crippen LogP contribution in [0.25, 0.3) is 0 Å². The molecule has 0 aliphatic heterocycles. The third-order valence-electron chi connectivity index (χ3n) is 2.68. The van der Waals surface area contributed by atoms with Gasteiger partial charge in [-0.25, -0.2) is 4.98 Å². The second-order valence-corrected chi connectivity index (χ2v) is 5.22. The second-order valence-electron chi connectivity index (χ2n) is 4.27. The first-order valence-electron chi connectivity index (χ1n) is 6.43. The van der Waals surface area contributed by atoms with Crippen molar-refractivity contribution in [3.05, 3.63) is 46.2 Å². The van der Waals surface area contributed by atoms with Gasteiger partial charge in [0.2, 0.25) is 0 Å². The highest BCUT2D eigenvalue weighted by Crippen LogP contribution is 2.10. The largest absolute Gasteiger partial charge is 0.375 e. The van der Waals surface area contributed by atoms with Crippen LogP contribution < -0.4 is 5.32 Å². The maximum atomic E-state index is 5.64. The fourth-order valence-electron chi connectivity index (χ4n) is 1.75. The highest BCUT2D eigenvalue weighted by molar-refractivity contribution is 7.09. The molecule has 0 aromatic carbocycles. The van der Waals surface area contributed by atoms with Gasteiger partial charge in [0.1, 0.15) is 5.01 Å². The molecule has 0 unspecified atom stereocenters. The first-order chi connectivity index (χ1) is 9.38. The number of hydrogen-bond donors (Lipinski definition) is 1. The monoisotopic (exact) mass is 277 g/mol. The number of pyridine rings is 1. The SMILES string of the molecule is CNCc1nc(COCCCc2ccncc2)cs1. The molecule has 5 heteroatoms. The molecule has 102 valence electrons. The number of hydrogen-bond acceptors (Lipinski definition) is 5. The Morgan fingerprint density at radius 1 is 1.32 bits per heavy atom. The van der Waals surface area contributed by atoms with Crippen molar-refractivity contribution in [2.24, 2.45) is 0 Å². The van der Waals surface area contributed by atoms with Gasteiger partial charge in [-0.1, -0.05) is 0 Å². The molecule has 0 atom stereocenters. The highest BCUT2D eigenvalue weighted by atomic mass is 32.1. The minimum absolute atomic E-state index is 0.608. The maximum Gasteiger partial charge on any atom is 0.107 e. The molecule has 2 aromatic heterocycles. The van der Waals surface area contributed by atoms with Crippen LogP contribution in [0.4, 0.5) is 0 Å². The van der Waals surface area contributed by atoms with Crippen LogP contribution in [-0.2, 0) is 24.3 Å². The number of ether oxygens (including phenoxy) is 1. The van der Waals surface area contributed by atoms with Gasteiger partial charge in [-0.3, -0.25) is 4.98 Å². The van der Waals surface area contributed by atoms with E-state index in [1.807, 2.05) is 31.6 Å². The van der Waals surface area contributed by atoms with Gasteiger partial charge in [0, 0.05) is 30.9 Å². The molecule has 0 aliphatic rings. The maximum absolute atomic E-state index is 5.64. The van der Waals surface area contributed by atoms with Crippen LogP contribution in [0.15, 0.2) is 29.9 Å². The zero-order valence-corrected chi connectivity index (χ0v) is 11.9. The Bertz CT molecular complexity index is 473. The standard InChI is InChI=1S/C14H19N3OS/c1-15-9-14-17-13(11-19-14)10-18-8-2-3-12-4-6-16-7-5-12/h4-7,11,15H,2-3,8-10H2,1H3. The lowest BCUT2D eigenvalue weighted by atomic mass is 10.1. The normalized spacial score (nSPS) is 10.8. The summed E-state index contributed by atoms with van der Waals surface area (Å²) in [6.07, 6.45) is 5.71. The van der Waals surface area contributed by atoms with Crippen molar-refractivity contribution in [2.45, 2.75) is 26.0 Å². The van der Waals surface area contributed by atoms with E-state index in [1.54, 1.807) is 11.3 Å². The first kappa shape index (κ1) is 14.1. The summed E-state index contributed by atoms with van der Waals surface area (Å²) >= 11 is 1.67. The Morgan fingerprint density at radius 3 is 2.95 bits per heavy atom. The van der Waals surface area contributed by atoms with Crippen LogP contribution in [0.3, 0.4) is 0 Å². The quantitative estimate of drug-likeness (QED) is 0.753. The third-order valence-corrected chi connectivity index (χ3v) is 3.58. The number of aryl methyl sites for hydroxylation is 1. The predicted molar refractivity (Wildman–Crippen MR) is 77.1 cm³/mol. The van der Waals surface area contributed by atoms with Crippen LogP contribution in [0, 0.1) is 0 Å². The summed E-state index contributed by atoms with van der Waals surface area (Å²) in [5.41, 5.74) is 2.34. The van der Waals surface area contributed by atoms with Crippen LogP contribution in [0.1, 0.15) is 22.7 Å². The summed E-state index contributed by atoms with van der Waals surface area (Å²) in [6, 6.07) is 4.09. The Kier molecular flexibility index (Phi) is 5.94. The number of nitrogens with zero attached hydrogens (tertiary/aromatic N) is 2. The molecule has 2 rings (SSSR count). The zero-order chi connectivity index (χ0) is 13.3. The highest BCUT2D eigenvalue weighted by Gasteiger charge is 2.01. The summed E-state index contributed by atoms with van der Waals surface area (Å²) in [7, 11) is 1.93. The van der Waals surface area contributed by atoms with Crippen molar-refractivity contribution in [3.8, 4) is 0 Å². The van der Waals surface area contributed by atoms with Crippen LogP contribution in [-0.4, -0.2) is 23.6 Å². The van der Waals surface area contributed by atoms with E-state index in [-0.39, 0.29) is 0 Å². The first-order valence-corrected chi connectivity index (χ1v) is 7.31. The van der Waals surface area contributed by atoms with Crippen molar-refractivity contribution < 1.29 is 4.74 Å². The van der Waals surface area contributed by atoms with Gasteiger partial charge in [0.25, 0.3) is 0 Å².